The average molecular weight is 615 g/mol. The second-order valence-corrected chi connectivity index (χ2v) is 18.3. The van der Waals surface area contributed by atoms with Crippen LogP contribution in [0, 0.1) is 0 Å². The van der Waals surface area contributed by atoms with Crippen molar-refractivity contribution in [3.63, 3.8) is 0 Å². The van der Waals surface area contributed by atoms with Crippen LogP contribution in [0.3, 0.4) is 0 Å². The Bertz CT molecular complexity index is 745. The van der Waals surface area contributed by atoms with E-state index < -0.39 is 32.3 Å². The van der Waals surface area contributed by atoms with Gasteiger partial charge < -0.3 is 0 Å². The summed E-state index contributed by atoms with van der Waals surface area (Å²) < 4.78 is 19.2. The van der Waals surface area contributed by atoms with E-state index in [4.69, 9.17) is 19.2 Å². The fourth-order valence-corrected chi connectivity index (χ4v) is 12.7. The third kappa shape index (κ3) is 9.46. The van der Waals surface area contributed by atoms with Gasteiger partial charge in [-0.1, -0.05) is 0 Å². The van der Waals surface area contributed by atoms with E-state index in [1.807, 2.05) is 32.1 Å². The number of carbonyl (C=O) groups is 1. The molecule has 1 atom stereocenters. The first-order chi connectivity index (χ1) is 16.6. The Balaban J connectivity index is 2.26. The monoisotopic (exact) mass is 616 g/mol. The van der Waals surface area contributed by atoms with Crippen LogP contribution in [-0.2, 0) is 19.8 Å². The molecular weight excluding hydrogens is 567 g/mol. The van der Waals surface area contributed by atoms with Crippen LogP contribution in [0.5, 0.6) is 0 Å². The third-order valence-corrected chi connectivity index (χ3v) is 13.9. The zero-order chi connectivity index (χ0) is 26.0. The van der Waals surface area contributed by atoms with Gasteiger partial charge in [-0.3, -0.25) is 0 Å². The molecule has 1 aliphatic heterocycles. The molecule has 0 spiro atoms. The number of rotatable bonds is 15. The molecule has 0 N–H and O–H groups in total. The second kappa shape index (κ2) is 14.5. The van der Waals surface area contributed by atoms with Crippen LogP contribution < -0.4 is 2.89 Å². The van der Waals surface area contributed by atoms with Crippen molar-refractivity contribution in [2.45, 2.75) is 120 Å². The molecule has 1 aromatic heterocycles. The fourth-order valence-electron chi connectivity index (χ4n) is 4.70. The number of methoxy groups -OCH3 is 1. The van der Waals surface area contributed by atoms with Gasteiger partial charge >= 0.3 is 229 Å². The molecule has 1 aliphatic rings. The summed E-state index contributed by atoms with van der Waals surface area (Å²) in [6.07, 6.45) is 14.4. The Morgan fingerprint density at radius 2 is 1.71 bits per heavy atom. The molecule has 0 aromatic carbocycles. The predicted octanol–water partition coefficient (Wildman–Crippen LogP) is 6.66. The van der Waals surface area contributed by atoms with Crippen LogP contribution in [0.15, 0.2) is 6.20 Å². The molecular formula is C27H48N2O4SSn. The molecule has 6 nitrogen and oxygen atoms in total. The Morgan fingerprint density at radius 3 is 2.23 bits per heavy atom. The van der Waals surface area contributed by atoms with Gasteiger partial charge in [0.05, 0.1) is 0 Å². The Hall–Kier alpha value is -0.381. The molecule has 2 radical (unpaired) electrons. The SMILES string of the molecule is CCCC[C](CCCC)(CCCC)[Sn][c]1cnc(C2(OCOC)CCN(C(=O)OC(C)(C)C)C2)s1. The summed E-state index contributed by atoms with van der Waals surface area (Å²) in [5.41, 5.74) is -1.14. The van der Waals surface area contributed by atoms with E-state index in [0.29, 0.717) is 22.9 Å². The number of hydrogen-bond donors (Lipinski definition) is 0. The first-order valence-electron chi connectivity index (χ1n) is 13.5. The number of likely N-dealkylation sites (tertiary alicyclic amines) is 1. The van der Waals surface area contributed by atoms with Gasteiger partial charge in [-0.2, -0.15) is 0 Å². The number of amides is 1. The van der Waals surface area contributed by atoms with Gasteiger partial charge in [-0.25, -0.2) is 0 Å². The van der Waals surface area contributed by atoms with Crippen LogP contribution in [0.25, 0.3) is 0 Å². The molecule has 0 saturated carbocycles. The summed E-state index contributed by atoms with van der Waals surface area (Å²) in [6.45, 7) is 13.9. The predicted molar refractivity (Wildman–Crippen MR) is 146 cm³/mol. The quantitative estimate of drug-likeness (QED) is 0.163. The van der Waals surface area contributed by atoms with Gasteiger partial charge in [-0.15, -0.1) is 0 Å². The number of aromatic nitrogens is 1. The Morgan fingerprint density at radius 1 is 1.11 bits per heavy atom. The molecule has 1 unspecified atom stereocenters. The van der Waals surface area contributed by atoms with E-state index in [9.17, 15) is 4.79 Å². The molecule has 0 bridgehead atoms. The van der Waals surface area contributed by atoms with Gasteiger partial charge in [-0.05, 0) is 0 Å². The molecule has 2 heterocycles. The summed E-state index contributed by atoms with van der Waals surface area (Å²) in [4.78, 5) is 19.4. The number of unbranched alkanes of at least 4 members (excludes halogenated alkanes) is 3. The third-order valence-electron chi connectivity index (χ3n) is 6.65. The van der Waals surface area contributed by atoms with E-state index in [0.717, 1.165) is 5.01 Å². The van der Waals surface area contributed by atoms with Crippen molar-refractivity contribution in [1.29, 1.82) is 0 Å². The standard InChI is InChI=1S/C14H21N2O4S.C13H27.Sn/c1-13(2,3)20-12(17)16-7-5-14(9-16,19-10-18-4)11-15-6-8-21-11;1-4-7-10-13(11-8-5-2)12-9-6-3;/h6H,5,7,9-10H2,1-4H3;4-12H2,1-3H3;. The maximum atomic E-state index is 12.8. The second-order valence-electron chi connectivity index (χ2n) is 10.9. The van der Waals surface area contributed by atoms with Crippen molar-refractivity contribution < 1.29 is 19.0 Å². The molecule has 2 rings (SSSR count). The summed E-state index contributed by atoms with van der Waals surface area (Å²) in [6, 6.07) is 0. The molecule has 1 aromatic rings. The zero-order valence-electron chi connectivity index (χ0n) is 23.2. The molecule has 200 valence electrons. The van der Waals surface area contributed by atoms with Crippen LogP contribution >= 0.6 is 11.3 Å². The molecule has 1 saturated heterocycles. The van der Waals surface area contributed by atoms with E-state index in [-0.39, 0.29) is 12.9 Å². The number of thiazole rings is 1. The molecule has 35 heavy (non-hydrogen) atoms. The van der Waals surface area contributed by atoms with E-state index in [1.165, 1.54) is 60.7 Å². The first kappa shape index (κ1) is 30.8. The van der Waals surface area contributed by atoms with Crippen LogP contribution in [0.2, 0.25) is 3.43 Å². The summed E-state index contributed by atoms with van der Waals surface area (Å²) >= 11 is 0.979. The maximum absolute atomic E-state index is 12.8. The van der Waals surface area contributed by atoms with Gasteiger partial charge in [0, 0.05) is 0 Å². The van der Waals surface area contributed by atoms with Crippen molar-refractivity contribution in [2.24, 2.45) is 0 Å². The van der Waals surface area contributed by atoms with Crippen LogP contribution in [0.4, 0.5) is 4.79 Å². The fraction of sp³-hybridized carbons (Fsp3) is 0.852. The van der Waals surface area contributed by atoms with E-state index in [2.05, 4.69) is 27.0 Å². The average Bonchev–Trinajstić information content (AvgIpc) is 3.46. The van der Waals surface area contributed by atoms with Gasteiger partial charge in [0.2, 0.25) is 0 Å². The summed E-state index contributed by atoms with van der Waals surface area (Å²) in [7, 11) is 1.64. The molecule has 1 fully saturated rings. The molecule has 0 aliphatic carbocycles. The van der Waals surface area contributed by atoms with Crippen LogP contribution in [-0.4, -0.2) is 69.7 Å². The van der Waals surface area contributed by atoms with Gasteiger partial charge in [0.25, 0.3) is 0 Å². The van der Waals surface area contributed by atoms with Crippen molar-refractivity contribution in [3.8, 4) is 0 Å². The summed E-state index contributed by atoms with van der Waals surface area (Å²) in [5, 5.41) is 0.992. The van der Waals surface area contributed by atoms with Crippen LogP contribution in [0.1, 0.15) is 111 Å². The van der Waals surface area contributed by atoms with Gasteiger partial charge in [0.15, 0.2) is 0 Å². The minimum absolute atomic E-state index is 0.185. The summed E-state index contributed by atoms with van der Waals surface area (Å²) in [5.74, 6) is 0. The van der Waals surface area contributed by atoms with Crippen molar-refractivity contribution in [3.05, 3.63) is 11.2 Å². The van der Waals surface area contributed by atoms with Gasteiger partial charge in [0.1, 0.15) is 0 Å². The Labute approximate surface area is 228 Å². The number of hydrogen-bond acceptors (Lipinski definition) is 6. The number of nitrogens with zero attached hydrogens (tertiary/aromatic N) is 2. The molecule has 8 heteroatoms. The first-order valence-corrected chi connectivity index (χ1v) is 17.1. The minimum atomic E-state index is -0.860. The number of carbonyl (C=O) groups excluding carboxylic acids is 1. The topological polar surface area (TPSA) is 60.9 Å². The van der Waals surface area contributed by atoms with Crippen molar-refractivity contribution in [1.82, 2.24) is 9.88 Å². The normalized spacial score (nSPS) is 18.9. The number of ether oxygens (including phenoxy) is 3. The van der Waals surface area contributed by atoms with Crippen molar-refractivity contribution in [2.75, 3.05) is 27.0 Å². The van der Waals surface area contributed by atoms with Crippen molar-refractivity contribution >= 4 is 41.5 Å². The Kier molecular flexibility index (Phi) is 12.8. The molecule has 1 amide bonds. The van der Waals surface area contributed by atoms with E-state index >= 15 is 0 Å². The zero-order valence-corrected chi connectivity index (χ0v) is 26.9. The van der Waals surface area contributed by atoms with E-state index in [1.54, 1.807) is 12.0 Å².